The molecule has 3 saturated heterocycles. The third-order valence-corrected chi connectivity index (χ3v) is 13.5. The van der Waals surface area contributed by atoms with Crippen LogP contribution < -0.4 is 42.1 Å². The van der Waals surface area contributed by atoms with Crippen molar-refractivity contribution in [2.75, 3.05) is 24.6 Å². The topological polar surface area (TPSA) is 355 Å². The molecule has 3 aliphatic rings. The quantitative estimate of drug-likeness (QED) is 0.0464. The van der Waals surface area contributed by atoms with Crippen molar-refractivity contribution in [1.29, 1.82) is 0 Å². The number of hydrogen-bond donors (Lipinski definition) is 6. The zero-order valence-electron chi connectivity index (χ0n) is 27.2. The second-order valence-electron chi connectivity index (χ2n) is 11.9. The predicted molar refractivity (Wildman–Crippen MR) is 171 cm³/mol. The van der Waals surface area contributed by atoms with Gasteiger partial charge in [0.15, 0.2) is 6.23 Å². The fourth-order valence-electron chi connectivity index (χ4n) is 5.51. The Balaban J connectivity index is 1.07. The summed E-state index contributed by atoms with van der Waals surface area (Å²) in [5, 5.41) is 29.2. The maximum absolute atomic E-state index is 12.1. The zero-order valence-corrected chi connectivity index (χ0v) is 30.7. The van der Waals surface area contributed by atoms with Crippen LogP contribution >= 0.6 is 35.2 Å². The molecule has 1 aromatic rings. The fraction of sp³-hybridized carbons (Fsp3) is 0.720. The fourth-order valence-corrected chi connectivity index (χ4v) is 10.4. The summed E-state index contributed by atoms with van der Waals surface area (Å²) in [4.78, 5) is 86.9. The first-order valence-electron chi connectivity index (χ1n) is 15.9. The molecule has 4 heterocycles. The molecule has 3 amide bonds. The van der Waals surface area contributed by atoms with Gasteiger partial charge in [-0.05, 0) is 31.7 Å². The van der Waals surface area contributed by atoms with Crippen molar-refractivity contribution < 1.29 is 75.4 Å². The number of carbonyl (C=O) groups is 3. The van der Waals surface area contributed by atoms with Crippen LogP contribution in [0.25, 0.3) is 0 Å². The summed E-state index contributed by atoms with van der Waals surface area (Å²) in [5.74, 6) is -0.878. The largest absolute Gasteiger partial charge is 0.756 e. The molecule has 27 heteroatoms. The number of phosphoric acid groups is 3. The second kappa shape index (κ2) is 18.3. The van der Waals surface area contributed by atoms with Gasteiger partial charge < -0.3 is 60.4 Å². The van der Waals surface area contributed by atoms with Gasteiger partial charge in [0.1, 0.15) is 24.1 Å². The third kappa shape index (κ3) is 12.6. The van der Waals surface area contributed by atoms with Gasteiger partial charge in [0.05, 0.1) is 18.7 Å². The number of thioether (sulfide) groups is 1. The molecule has 294 valence electrons. The van der Waals surface area contributed by atoms with Crippen molar-refractivity contribution in [3.8, 4) is 0 Å². The van der Waals surface area contributed by atoms with Crippen LogP contribution in [0, 0.1) is 0 Å². The van der Waals surface area contributed by atoms with Gasteiger partial charge in [-0.2, -0.15) is 16.7 Å². The summed E-state index contributed by atoms with van der Waals surface area (Å²) in [6.45, 7) is -0.889. The van der Waals surface area contributed by atoms with E-state index in [4.69, 9.17) is 10.5 Å². The Bertz CT molecular complexity index is 1660. The number of hydrogen-bond acceptors (Lipinski definition) is 20. The van der Waals surface area contributed by atoms with E-state index in [1.165, 1.54) is 6.07 Å². The van der Waals surface area contributed by atoms with Crippen LogP contribution in [-0.2, 0) is 45.7 Å². The highest BCUT2D eigenvalue weighted by atomic mass is 32.2. The minimum atomic E-state index is -6.31. The van der Waals surface area contributed by atoms with Crippen LogP contribution in [0.1, 0.15) is 57.6 Å². The Kier molecular flexibility index (Phi) is 14.9. The number of ether oxygens (including phenoxy) is 1. The summed E-state index contributed by atoms with van der Waals surface area (Å²) in [5.41, 5.74) is 4.40. The van der Waals surface area contributed by atoms with E-state index in [0.29, 0.717) is 30.9 Å². The number of nitrogens with one attached hydrogen (secondary N) is 3. The first-order chi connectivity index (χ1) is 24.3. The van der Waals surface area contributed by atoms with Gasteiger partial charge in [-0.3, -0.25) is 27.9 Å². The molecule has 10 atom stereocenters. The van der Waals surface area contributed by atoms with E-state index in [9.17, 15) is 57.8 Å². The number of urea groups is 1. The molecule has 7 N–H and O–H groups in total. The lowest BCUT2D eigenvalue weighted by Gasteiger charge is -2.34. The van der Waals surface area contributed by atoms with E-state index in [-0.39, 0.29) is 42.8 Å². The molecule has 23 nitrogen and oxygen atoms in total. The number of nitrogens with zero attached hydrogens (tertiary/aromatic N) is 2. The number of fused-ring (bicyclic) bond motifs is 1. The van der Waals surface area contributed by atoms with Crippen LogP contribution in [-0.4, -0.2) is 92.2 Å². The van der Waals surface area contributed by atoms with Crippen molar-refractivity contribution in [2.24, 2.45) is 0 Å². The number of aliphatic hydroxyl groups excluding tert-OH is 2. The Morgan fingerprint density at radius 1 is 1.02 bits per heavy atom. The maximum Gasteiger partial charge on any atom is 0.351 e. The molecule has 52 heavy (non-hydrogen) atoms. The molecule has 3 aliphatic heterocycles. The lowest BCUT2D eigenvalue weighted by atomic mass is 10.0. The number of anilines is 1. The molecule has 0 saturated carbocycles. The second-order valence-corrected chi connectivity index (χ2v) is 17.6. The van der Waals surface area contributed by atoms with Crippen molar-refractivity contribution in [3.05, 3.63) is 22.7 Å². The van der Waals surface area contributed by atoms with Crippen LogP contribution in [0.5, 0.6) is 0 Å². The van der Waals surface area contributed by atoms with Crippen LogP contribution in [0.3, 0.4) is 0 Å². The van der Waals surface area contributed by atoms with E-state index in [0.717, 1.165) is 29.4 Å². The summed E-state index contributed by atoms with van der Waals surface area (Å²) in [6, 6.07) is 1.26. The van der Waals surface area contributed by atoms with Gasteiger partial charge >= 0.3 is 25.5 Å². The SMILES string of the molecule is Nc1ccn([C@@H]2O[C@H](COP(=O)([O-])OP(=O)([O-])OP(=O)([O-])OC(=O)CCCCCNC(=O)CCCCC3SCC4NC(=O)NC43)[C@H](O)C2O)c(=O)n1. The minimum Gasteiger partial charge on any atom is -0.756 e. The van der Waals surface area contributed by atoms with Crippen molar-refractivity contribution in [3.63, 3.8) is 0 Å². The first kappa shape index (κ1) is 42.3. The van der Waals surface area contributed by atoms with E-state index in [1.807, 2.05) is 0 Å². The molecule has 0 aliphatic carbocycles. The number of aromatic nitrogens is 2. The van der Waals surface area contributed by atoms with Gasteiger partial charge in [0.2, 0.25) is 5.91 Å². The average molecular weight is 820 g/mol. The van der Waals surface area contributed by atoms with Crippen molar-refractivity contribution >= 4 is 59.0 Å². The molecule has 7 unspecified atom stereocenters. The summed E-state index contributed by atoms with van der Waals surface area (Å²) >= 11 is 1.80. The number of amides is 3. The van der Waals surface area contributed by atoms with Gasteiger partial charge in [-0.1, -0.05) is 12.8 Å². The summed E-state index contributed by atoms with van der Waals surface area (Å²) in [6.07, 6.45) is -2.79. The predicted octanol–water partition coefficient (Wildman–Crippen LogP) is -2.15. The van der Waals surface area contributed by atoms with E-state index < -0.39 is 72.7 Å². The minimum absolute atomic E-state index is 0.0879. The molecule has 0 aromatic carbocycles. The highest BCUT2D eigenvalue weighted by Gasteiger charge is 2.45. The van der Waals surface area contributed by atoms with Gasteiger partial charge in [0, 0.05) is 36.6 Å². The monoisotopic (exact) mass is 819 g/mol. The number of unbranched alkanes of at least 4 members (excludes halogenated alkanes) is 3. The van der Waals surface area contributed by atoms with E-state index >= 15 is 0 Å². The van der Waals surface area contributed by atoms with Crippen LogP contribution in [0.15, 0.2) is 17.1 Å². The van der Waals surface area contributed by atoms with E-state index in [1.54, 1.807) is 11.8 Å². The van der Waals surface area contributed by atoms with Crippen LogP contribution in [0.2, 0.25) is 0 Å². The third-order valence-electron chi connectivity index (χ3n) is 7.93. The van der Waals surface area contributed by atoms with E-state index in [2.05, 4.69) is 38.6 Å². The molecule has 3 fully saturated rings. The Labute approximate surface area is 300 Å². The van der Waals surface area contributed by atoms with Crippen molar-refractivity contribution in [1.82, 2.24) is 25.5 Å². The standard InChI is InChI=1S/C25H41N6O17P3S/c26-17-9-11-31(25(37)29-17)23-22(35)21(34)15(45-23)12-44-49(38,39)47-51(42,43)48-50(40,41)46-19(33)8-2-1-5-10-27-18(32)7-4-3-6-16-20-14(13-52-16)28-24(36)30-20/h9,11,14-16,20-23,34-35H,1-8,10,12-13H2,(H,27,32)(H,38,39)(H,40,41)(H,42,43)(H2,26,29,37)(H2,28,30,36)/p-3/t14?,15-,16?,20?,21+,22?,23-/m1/s1. The molecule has 1 aromatic heterocycles. The smallest absolute Gasteiger partial charge is 0.351 e. The lowest BCUT2D eigenvalue weighted by Crippen LogP contribution is -2.36. The number of phosphoric ester groups is 2. The number of carbonyl (C=O) groups excluding carboxylic acids is 3. The number of rotatable bonds is 20. The van der Waals surface area contributed by atoms with Gasteiger partial charge in [0.25, 0.3) is 15.6 Å². The number of aliphatic hydroxyl groups is 2. The zero-order chi connectivity index (χ0) is 38.3. The number of nitrogens with two attached hydrogens (primary N) is 1. The number of nitrogen functional groups attached to an aromatic ring is 1. The van der Waals surface area contributed by atoms with Gasteiger partial charge in [-0.25, -0.2) is 18.2 Å². The molecular weight excluding hydrogens is 781 g/mol. The highest BCUT2D eigenvalue weighted by molar-refractivity contribution is 8.00. The molecule has 4 rings (SSSR count). The lowest BCUT2D eigenvalue weighted by molar-refractivity contribution is -0.251. The normalized spacial score (nSPS) is 28.9. The summed E-state index contributed by atoms with van der Waals surface area (Å²) < 4.78 is 57.7. The summed E-state index contributed by atoms with van der Waals surface area (Å²) in [7, 11) is -18.3. The van der Waals surface area contributed by atoms with Crippen LogP contribution in [0.4, 0.5) is 10.6 Å². The molecule has 0 radical (unpaired) electrons. The van der Waals surface area contributed by atoms with Gasteiger partial charge in [-0.15, -0.1) is 0 Å². The van der Waals surface area contributed by atoms with Crippen molar-refractivity contribution in [2.45, 2.75) is 93.2 Å². The molecule has 0 spiro atoms. The molecular formula is C25H38N6O17P3S-3. The maximum atomic E-state index is 12.1. The first-order valence-corrected chi connectivity index (χ1v) is 21.3. The Morgan fingerprint density at radius 2 is 1.73 bits per heavy atom. The highest BCUT2D eigenvalue weighted by Crippen LogP contribution is 2.63. The Hall–Kier alpha value is -2.43. The Morgan fingerprint density at radius 3 is 2.46 bits per heavy atom. The molecule has 0 bridgehead atoms. The average Bonchev–Trinajstić information content (AvgIpc) is 3.66.